The summed E-state index contributed by atoms with van der Waals surface area (Å²) in [6.07, 6.45) is 5.53. The highest BCUT2D eigenvalue weighted by molar-refractivity contribution is 7.89. The molecule has 1 aromatic rings. The number of para-hydroxylation sites is 1. The van der Waals surface area contributed by atoms with Crippen molar-refractivity contribution in [2.45, 2.75) is 128 Å². The standard InChI is InChI=1S/C32H50N2O8S/c1-30(2,3)41-28(35)22-40-26-12-8-7-11-25(26)23-13-15-24(16-14-23)39-21-27-32(18-10-20-43(37,38)33-32)17-9-19-34(27)29(36)42-31(4,5)6/h7-8,11-12,23-24,27,33H,9-10,13-22H2,1-6H3. The zero-order chi connectivity index (χ0) is 31.5. The fraction of sp³-hybridized carbons (Fsp3) is 0.750. The van der Waals surface area contributed by atoms with Gasteiger partial charge in [-0.25, -0.2) is 22.7 Å². The molecule has 10 nitrogen and oxygen atoms in total. The molecule has 11 heteroatoms. The molecule has 1 aliphatic carbocycles. The second-order valence-corrected chi connectivity index (χ2v) is 16.0. The highest BCUT2D eigenvalue weighted by Crippen LogP contribution is 2.40. The molecular weight excluding hydrogens is 572 g/mol. The average Bonchev–Trinajstić information content (AvgIpc) is 2.89. The number of piperidine rings is 1. The first kappa shape index (κ1) is 33.5. The summed E-state index contributed by atoms with van der Waals surface area (Å²) >= 11 is 0. The summed E-state index contributed by atoms with van der Waals surface area (Å²) in [6, 6.07) is 7.37. The molecule has 1 saturated carbocycles. The third kappa shape index (κ3) is 9.31. The number of nitrogens with one attached hydrogen (secondary N) is 1. The lowest BCUT2D eigenvalue weighted by Crippen LogP contribution is -2.69. The van der Waals surface area contributed by atoms with E-state index in [1.165, 1.54) is 0 Å². The van der Waals surface area contributed by atoms with Gasteiger partial charge < -0.3 is 23.8 Å². The van der Waals surface area contributed by atoms with Crippen LogP contribution in [0.25, 0.3) is 0 Å². The van der Waals surface area contributed by atoms with Gasteiger partial charge in [0.25, 0.3) is 0 Å². The van der Waals surface area contributed by atoms with Crippen LogP contribution in [0.1, 0.15) is 104 Å². The van der Waals surface area contributed by atoms with Crippen molar-refractivity contribution in [3.8, 4) is 5.75 Å². The Hall–Kier alpha value is -2.37. The summed E-state index contributed by atoms with van der Waals surface area (Å²) in [6.45, 7) is 11.6. The molecule has 43 heavy (non-hydrogen) atoms. The van der Waals surface area contributed by atoms with Crippen molar-refractivity contribution in [1.82, 2.24) is 9.62 Å². The van der Waals surface area contributed by atoms with E-state index in [-0.39, 0.29) is 31.0 Å². The average molecular weight is 623 g/mol. The van der Waals surface area contributed by atoms with E-state index in [0.717, 1.165) is 31.2 Å². The number of rotatable bonds is 7. The van der Waals surface area contributed by atoms with Gasteiger partial charge in [-0.2, -0.15) is 0 Å². The minimum Gasteiger partial charge on any atom is -0.482 e. The van der Waals surface area contributed by atoms with Crippen LogP contribution in [0.4, 0.5) is 4.79 Å². The van der Waals surface area contributed by atoms with Crippen molar-refractivity contribution >= 4 is 22.1 Å². The van der Waals surface area contributed by atoms with Crippen LogP contribution < -0.4 is 9.46 Å². The number of likely N-dealkylation sites (tertiary alicyclic amines) is 1. The highest BCUT2D eigenvalue weighted by Gasteiger charge is 2.51. The molecule has 0 aromatic heterocycles. The zero-order valence-electron chi connectivity index (χ0n) is 26.6. The number of ether oxygens (including phenoxy) is 4. The number of esters is 1. The van der Waals surface area contributed by atoms with E-state index in [0.29, 0.717) is 38.0 Å². The van der Waals surface area contributed by atoms with E-state index in [1.807, 2.05) is 59.7 Å². The maximum absolute atomic E-state index is 13.3. The molecular formula is C32H50N2O8S. The predicted molar refractivity (Wildman–Crippen MR) is 164 cm³/mol. The second kappa shape index (κ2) is 13.3. The molecule has 3 fully saturated rings. The Morgan fingerprint density at radius 2 is 1.60 bits per heavy atom. The molecule has 0 bridgehead atoms. The molecule has 4 rings (SSSR count). The molecule has 3 aliphatic rings. The summed E-state index contributed by atoms with van der Waals surface area (Å²) in [5.41, 5.74) is -0.914. The molecule has 1 spiro atoms. The molecule has 2 saturated heterocycles. The largest absolute Gasteiger partial charge is 0.482 e. The van der Waals surface area contributed by atoms with Crippen LogP contribution in [0.5, 0.6) is 5.75 Å². The van der Waals surface area contributed by atoms with Crippen molar-refractivity contribution < 1.29 is 37.0 Å². The quantitative estimate of drug-likeness (QED) is 0.407. The number of carbonyl (C=O) groups excluding carboxylic acids is 2. The van der Waals surface area contributed by atoms with Gasteiger partial charge >= 0.3 is 12.1 Å². The van der Waals surface area contributed by atoms with E-state index in [4.69, 9.17) is 18.9 Å². The van der Waals surface area contributed by atoms with Crippen molar-refractivity contribution in [2.75, 3.05) is 25.5 Å². The van der Waals surface area contributed by atoms with Gasteiger partial charge in [0.05, 0.1) is 30.0 Å². The van der Waals surface area contributed by atoms with Crippen LogP contribution >= 0.6 is 0 Å². The third-order valence-corrected chi connectivity index (χ3v) is 9.89. The summed E-state index contributed by atoms with van der Waals surface area (Å²) in [4.78, 5) is 27.2. The zero-order valence-corrected chi connectivity index (χ0v) is 27.5. The third-order valence-electron chi connectivity index (χ3n) is 8.35. The first-order chi connectivity index (χ1) is 20.1. The van der Waals surface area contributed by atoms with Gasteiger partial charge in [-0.15, -0.1) is 0 Å². The van der Waals surface area contributed by atoms with E-state index >= 15 is 0 Å². The predicted octanol–water partition coefficient (Wildman–Crippen LogP) is 5.30. The van der Waals surface area contributed by atoms with E-state index in [1.54, 1.807) is 4.90 Å². The topological polar surface area (TPSA) is 120 Å². The maximum Gasteiger partial charge on any atom is 0.410 e. The summed E-state index contributed by atoms with van der Waals surface area (Å²) in [5, 5.41) is 0. The Morgan fingerprint density at radius 3 is 2.26 bits per heavy atom. The SMILES string of the molecule is CC(C)(C)OC(=O)COc1ccccc1C1CCC(OCC2N(C(=O)OC(C)(C)C)CCCC23CCCS(=O)(=O)N3)CC1. The van der Waals surface area contributed by atoms with Crippen LogP contribution in [0.3, 0.4) is 0 Å². The minimum absolute atomic E-state index is 0.00856. The highest BCUT2D eigenvalue weighted by atomic mass is 32.2. The van der Waals surface area contributed by atoms with Gasteiger partial charge in [-0.05, 0) is 110 Å². The van der Waals surface area contributed by atoms with E-state index < -0.39 is 44.9 Å². The van der Waals surface area contributed by atoms with Crippen molar-refractivity contribution in [1.29, 1.82) is 0 Å². The molecule has 1 N–H and O–H groups in total. The normalized spacial score (nSPS) is 27.9. The number of hydrogen-bond acceptors (Lipinski definition) is 8. The maximum atomic E-state index is 13.3. The molecule has 0 radical (unpaired) electrons. The Labute approximate surface area is 257 Å². The Bertz CT molecular complexity index is 1230. The lowest BCUT2D eigenvalue weighted by Gasteiger charge is -2.51. The van der Waals surface area contributed by atoms with Crippen LogP contribution in [0.2, 0.25) is 0 Å². The van der Waals surface area contributed by atoms with Gasteiger partial charge in [0.15, 0.2) is 6.61 Å². The van der Waals surface area contributed by atoms with Gasteiger partial charge in [-0.1, -0.05) is 18.2 Å². The summed E-state index contributed by atoms with van der Waals surface area (Å²) in [7, 11) is -3.44. The lowest BCUT2D eigenvalue weighted by atomic mass is 9.78. The molecule has 2 unspecified atom stereocenters. The summed E-state index contributed by atoms with van der Waals surface area (Å²) in [5.74, 6) is 0.654. The number of carbonyl (C=O) groups is 2. The van der Waals surface area contributed by atoms with Crippen LogP contribution in [0.15, 0.2) is 24.3 Å². The summed E-state index contributed by atoms with van der Waals surface area (Å²) < 4.78 is 51.9. The Kier molecular flexibility index (Phi) is 10.4. The van der Waals surface area contributed by atoms with Gasteiger partial charge in [0, 0.05) is 6.54 Å². The smallest absolute Gasteiger partial charge is 0.410 e. The van der Waals surface area contributed by atoms with E-state index in [2.05, 4.69) is 10.8 Å². The molecule has 242 valence electrons. The molecule has 2 atom stereocenters. The monoisotopic (exact) mass is 622 g/mol. The number of hydrogen-bond donors (Lipinski definition) is 1. The number of amides is 1. The first-order valence-corrected chi connectivity index (χ1v) is 17.3. The van der Waals surface area contributed by atoms with Gasteiger partial charge in [-0.3, -0.25) is 0 Å². The van der Waals surface area contributed by atoms with Crippen molar-refractivity contribution in [2.24, 2.45) is 0 Å². The number of nitrogens with zero attached hydrogens (tertiary/aromatic N) is 1. The van der Waals surface area contributed by atoms with Crippen LogP contribution in [-0.4, -0.2) is 79.8 Å². The van der Waals surface area contributed by atoms with Gasteiger partial charge in [0.1, 0.15) is 17.0 Å². The van der Waals surface area contributed by atoms with Crippen molar-refractivity contribution in [3.05, 3.63) is 29.8 Å². The fourth-order valence-electron chi connectivity index (χ4n) is 6.60. The minimum atomic E-state index is -3.44. The van der Waals surface area contributed by atoms with Crippen LogP contribution in [0, 0.1) is 0 Å². The van der Waals surface area contributed by atoms with Gasteiger partial charge in [0.2, 0.25) is 10.0 Å². The second-order valence-electron chi connectivity index (χ2n) is 14.2. The number of benzene rings is 1. The molecule has 1 aromatic carbocycles. The number of sulfonamides is 1. The Balaban J connectivity index is 1.40. The Morgan fingerprint density at radius 1 is 0.953 bits per heavy atom. The fourth-order valence-corrected chi connectivity index (χ4v) is 8.18. The molecule has 1 amide bonds. The lowest BCUT2D eigenvalue weighted by molar-refractivity contribution is -0.157. The van der Waals surface area contributed by atoms with E-state index in [9.17, 15) is 18.0 Å². The van der Waals surface area contributed by atoms with Crippen molar-refractivity contribution in [3.63, 3.8) is 0 Å². The first-order valence-electron chi connectivity index (χ1n) is 15.6. The molecule has 2 heterocycles. The van der Waals surface area contributed by atoms with Crippen LogP contribution in [-0.2, 0) is 29.0 Å². The molecule has 2 aliphatic heterocycles.